The maximum Gasteiger partial charge on any atom is 0.293 e. The number of carbonyl (C=O) groups is 1. The van der Waals surface area contributed by atoms with E-state index in [0.717, 1.165) is 114 Å². The van der Waals surface area contributed by atoms with Gasteiger partial charge in [-0.15, -0.1) is 0 Å². The number of para-hydroxylation sites is 1. The Labute approximate surface area is 450 Å². The first-order chi connectivity index (χ1) is 37.2. The minimum Gasteiger partial charge on any atom is -0.491 e. The number of anilines is 4. The van der Waals surface area contributed by atoms with Crippen molar-refractivity contribution in [2.75, 3.05) is 87.4 Å². The van der Waals surface area contributed by atoms with Crippen LogP contribution in [0.25, 0.3) is 11.0 Å². The lowest BCUT2D eigenvalue weighted by Crippen LogP contribution is -2.54. The van der Waals surface area contributed by atoms with Gasteiger partial charge < -0.3 is 44.2 Å². The number of carbonyl (C=O) groups excluding carboxylic acids is 1. The molecule has 1 amide bonds. The van der Waals surface area contributed by atoms with Crippen LogP contribution in [0, 0.1) is 22.0 Å². The smallest absolute Gasteiger partial charge is 0.293 e. The SMILES string of the molecule is CC(C)Oc1ccccc1[C@H]1CN(C2CCOCC2)CCN1CC1CCN(c2ccc(C(=O)NS(=O)(=O)c3ccc(NC[C@H]4CC[C@](C)(O)CC4)c([N+](=O)[O-])c3)c(N3c4cc5cc[nH]c5nc4O[C@H]4COCC[C@@H]43)c2)CC1. The number of nitro groups is 1. The van der Waals surface area contributed by atoms with E-state index in [4.69, 9.17) is 23.9 Å². The van der Waals surface area contributed by atoms with Crippen molar-refractivity contribution in [3.8, 4) is 11.6 Å². The van der Waals surface area contributed by atoms with Gasteiger partial charge in [0.25, 0.3) is 21.6 Å². The third-order valence-electron chi connectivity index (χ3n) is 16.9. The molecule has 4 saturated heterocycles. The largest absolute Gasteiger partial charge is 0.491 e. The Kier molecular flexibility index (Phi) is 15.4. The molecule has 0 spiro atoms. The molecule has 0 bridgehead atoms. The molecule has 1 aliphatic carbocycles. The number of hydrogen-bond donors (Lipinski definition) is 4. The molecule has 5 aliphatic heterocycles. The number of benzene rings is 3. The minimum absolute atomic E-state index is 0.0554. The highest BCUT2D eigenvalue weighted by Crippen LogP contribution is 2.46. The maximum atomic E-state index is 14.8. The number of nitro benzene ring substituents is 1. The number of aliphatic hydroxyl groups is 1. The van der Waals surface area contributed by atoms with Crippen LogP contribution in [0.3, 0.4) is 0 Å². The molecule has 11 rings (SSSR count). The summed E-state index contributed by atoms with van der Waals surface area (Å²) in [5.41, 5.74) is 3.02. The summed E-state index contributed by atoms with van der Waals surface area (Å²) in [6, 6.07) is 22.0. The van der Waals surface area contributed by atoms with Crippen LogP contribution in [-0.2, 0) is 19.5 Å². The molecule has 20 heteroatoms. The number of fused-ring (bicyclic) bond motifs is 3. The highest BCUT2D eigenvalue weighted by Gasteiger charge is 2.43. The molecule has 3 atom stereocenters. The van der Waals surface area contributed by atoms with E-state index in [-0.39, 0.29) is 35.4 Å². The summed E-state index contributed by atoms with van der Waals surface area (Å²) in [5, 5.41) is 26.8. The zero-order chi connectivity index (χ0) is 53.4. The molecule has 77 heavy (non-hydrogen) atoms. The first kappa shape index (κ1) is 53.0. The van der Waals surface area contributed by atoms with Crippen molar-refractivity contribution >= 4 is 55.4 Å². The van der Waals surface area contributed by atoms with E-state index in [1.807, 2.05) is 31.2 Å². The second kappa shape index (κ2) is 22.4. The van der Waals surface area contributed by atoms with Crippen molar-refractivity contribution in [3.63, 3.8) is 0 Å². The first-order valence-corrected chi connectivity index (χ1v) is 29.2. The van der Waals surface area contributed by atoms with Crippen molar-refractivity contribution < 1.29 is 42.2 Å². The second-order valence-corrected chi connectivity index (χ2v) is 24.2. The third-order valence-corrected chi connectivity index (χ3v) is 18.2. The Morgan fingerprint density at radius 2 is 1.70 bits per heavy atom. The Morgan fingerprint density at radius 3 is 2.48 bits per heavy atom. The molecule has 5 fully saturated rings. The quantitative estimate of drug-likeness (QED) is 0.0574. The van der Waals surface area contributed by atoms with Crippen molar-refractivity contribution in [2.45, 2.75) is 119 Å². The first-order valence-electron chi connectivity index (χ1n) is 27.7. The van der Waals surface area contributed by atoms with E-state index >= 15 is 0 Å². The number of piperazine rings is 1. The monoisotopic (exact) mass is 1080 g/mol. The van der Waals surface area contributed by atoms with Crippen LogP contribution < -0.4 is 29.3 Å². The number of aromatic amines is 1. The molecule has 412 valence electrons. The van der Waals surface area contributed by atoms with Gasteiger partial charge in [-0.05, 0) is 139 Å². The number of sulfonamides is 1. The molecule has 0 radical (unpaired) electrons. The predicted molar refractivity (Wildman–Crippen MR) is 294 cm³/mol. The summed E-state index contributed by atoms with van der Waals surface area (Å²) in [7, 11) is -4.64. The van der Waals surface area contributed by atoms with E-state index < -0.39 is 43.1 Å². The van der Waals surface area contributed by atoms with Gasteiger partial charge in [-0.25, -0.2) is 13.1 Å². The van der Waals surface area contributed by atoms with Crippen molar-refractivity contribution in [2.24, 2.45) is 11.8 Å². The average Bonchev–Trinajstić information content (AvgIpc) is 3.92. The van der Waals surface area contributed by atoms with Crippen LogP contribution in [0.2, 0.25) is 0 Å². The van der Waals surface area contributed by atoms with Crippen LogP contribution in [0.1, 0.15) is 101 Å². The number of ether oxygens (including phenoxy) is 4. The molecular weight excluding hydrogens is 1000 g/mol. The van der Waals surface area contributed by atoms with E-state index in [0.29, 0.717) is 73.9 Å². The van der Waals surface area contributed by atoms with Crippen LogP contribution in [0.15, 0.2) is 83.9 Å². The topological polar surface area (TPSA) is 217 Å². The predicted octanol–water partition coefficient (Wildman–Crippen LogP) is 8.17. The minimum atomic E-state index is -4.64. The lowest BCUT2D eigenvalue weighted by atomic mass is 9.80. The Balaban J connectivity index is 0.862. The molecular formula is C57H73N9O10S. The molecule has 7 heterocycles. The van der Waals surface area contributed by atoms with E-state index in [9.17, 15) is 28.4 Å². The summed E-state index contributed by atoms with van der Waals surface area (Å²) in [6.45, 7) is 14.2. The Morgan fingerprint density at radius 1 is 0.922 bits per heavy atom. The van der Waals surface area contributed by atoms with Gasteiger partial charge in [0.15, 0.2) is 0 Å². The van der Waals surface area contributed by atoms with E-state index in [2.05, 4.69) is 72.7 Å². The number of piperidine rings is 1. The standard InChI is InChI=1S/C57H73N9O10S/c1-37(2)75-52-7-5-4-6-44(52)51-35-63(41-17-27-73-28-18-41)25-26-64(51)34-39-15-23-62(24-16-39)42-8-10-45(48(31-42)65-47-19-29-74-36-53(47)76-56-50(65)30-40-14-22-58-54(40)60-56)55(67)61-77(71,72)43-9-11-46(49(32-43)66(69)70)59-33-38-12-20-57(3,68)21-13-38/h4-11,14,22,30-32,37-39,41,47,51,53,59,68H,12-13,15-21,23-29,33-36H2,1-3H3,(H,58,60)(H,61,67)/t38-,47-,51+,53-,57-/m0/s1. The Bertz CT molecular complexity index is 3040. The van der Waals surface area contributed by atoms with Gasteiger partial charge in [0, 0.05) is 101 Å². The fraction of sp³-hybridized carbons (Fsp3) is 0.544. The molecule has 5 aromatic rings. The molecule has 0 unspecified atom stereocenters. The zero-order valence-electron chi connectivity index (χ0n) is 44.4. The van der Waals surface area contributed by atoms with Gasteiger partial charge in [0.1, 0.15) is 28.9 Å². The zero-order valence-corrected chi connectivity index (χ0v) is 45.2. The van der Waals surface area contributed by atoms with Gasteiger partial charge in [-0.3, -0.25) is 24.7 Å². The van der Waals surface area contributed by atoms with Gasteiger partial charge in [-0.1, -0.05) is 18.2 Å². The third kappa shape index (κ3) is 11.6. The number of H-pyrrole nitrogens is 1. The molecule has 1 saturated carbocycles. The van der Waals surface area contributed by atoms with Gasteiger partial charge in [0.05, 0.1) is 51.5 Å². The van der Waals surface area contributed by atoms with Gasteiger partial charge in [-0.2, -0.15) is 4.98 Å². The molecule has 2 aromatic heterocycles. The summed E-state index contributed by atoms with van der Waals surface area (Å²) in [6.07, 6.45) is 8.77. The average molecular weight is 1080 g/mol. The number of aromatic nitrogens is 2. The number of nitrogens with one attached hydrogen (secondary N) is 3. The summed E-state index contributed by atoms with van der Waals surface area (Å²) < 4.78 is 55.4. The van der Waals surface area contributed by atoms with E-state index in [1.54, 1.807) is 12.3 Å². The van der Waals surface area contributed by atoms with Crippen LogP contribution in [-0.4, -0.2) is 146 Å². The fourth-order valence-corrected chi connectivity index (χ4v) is 13.6. The molecule has 6 aliphatic rings. The van der Waals surface area contributed by atoms with Crippen molar-refractivity contribution in [3.05, 3.63) is 100 Å². The van der Waals surface area contributed by atoms with Gasteiger partial charge in [0.2, 0.25) is 5.88 Å². The van der Waals surface area contributed by atoms with Gasteiger partial charge >= 0.3 is 0 Å². The molecule has 19 nitrogen and oxygen atoms in total. The number of rotatable bonds is 15. The fourth-order valence-electron chi connectivity index (χ4n) is 12.6. The lowest BCUT2D eigenvalue weighted by Gasteiger charge is -2.47. The summed E-state index contributed by atoms with van der Waals surface area (Å²) >= 11 is 0. The van der Waals surface area contributed by atoms with Crippen LogP contribution in [0.5, 0.6) is 11.6 Å². The second-order valence-electron chi connectivity index (χ2n) is 22.6. The number of nitrogens with zero attached hydrogens (tertiary/aromatic N) is 6. The van der Waals surface area contributed by atoms with E-state index in [1.165, 1.54) is 17.7 Å². The number of amides is 1. The van der Waals surface area contributed by atoms with Crippen LogP contribution >= 0.6 is 0 Å². The molecule has 3 aromatic carbocycles. The highest BCUT2D eigenvalue weighted by atomic mass is 32.2. The number of hydrogen-bond acceptors (Lipinski definition) is 16. The molecule has 4 N–H and O–H groups in total. The van der Waals surface area contributed by atoms with Crippen molar-refractivity contribution in [1.29, 1.82) is 0 Å². The lowest BCUT2D eigenvalue weighted by molar-refractivity contribution is -0.384. The maximum absolute atomic E-state index is 14.8. The Hall–Kier alpha value is -6.03. The summed E-state index contributed by atoms with van der Waals surface area (Å²) in [5.74, 6) is 1.05. The highest BCUT2D eigenvalue weighted by molar-refractivity contribution is 7.90. The van der Waals surface area contributed by atoms with Crippen LogP contribution in [0.4, 0.5) is 28.4 Å². The van der Waals surface area contributed by atoms with Crippen molar-refractivity contribution in [1.82, 2.24) is 24.5 Å². The number of pyridine rings is 1. The summed E-state index contributed by atoms with van der Waals surface area (Å²) in [4.78, 5) is 44.0. The normalized spacial score (nSPS) is 25.0.